The van der Waals surface area contributed by atoms with Crippen LogP contribution in [0.3, 0.4) is 0 Å². The van der Waals surface area contributed by atoms with E-state index in [-0.39, 0.29) is 11.8 Å². The molecule has 0 aliphatic carbocycles. The van der Waals surface area contributed by atoms with E-state index in [2.05, 4.69) is 0 Å². The zero-order valence-electron chi connectivity index (χ0n) is 13.6. The number of fused-ring (bicyclic) bond motifs is 1. The maximum absolute atomic E-state index is 12.9. The SMILES string of the molecule is CCC(C(=O)N1Cc2ccc(N)cc2C1)c1ccc(OC)cc1. The third-order valence-corrected chi connectivity index (χ3v) is 4.49. The molecule has 0 aromatic heterocycles. The molecule has 1 heterocycles. The summed E-state index contributed by atoms with van der Waals surface area (Å²) in [5.41, 5.74) is 9.97. The van der Waals surface area contributed by atoms with Crippen LogP contribution < -0.4 is 10.5 Å². The highest BCUT2D eigenvalue weighted by Gasteiger charge is 2.29. The average Bonchev–Trinajstić information content (AvgIpc) is 2.99. The summed E-state index contributed by atoms with van der Waals surface area (Å²) in [6, 6.07) is 13.7. The standard InChI is InChI=1S/C19H22N2O2/c1-3-18(13-5-8-17(23-2)9-6-13)19(22)21-11-14-4-7-16(20)10-15(14)12-21/h4-10,18H,3,11-12,20H2,1-2H3. The third-order valence-electron chi connectivity index (χ3n) is 4.49. The van der Waals surface area contributed by atoms with Crippen LogP contribution >= 0.6 is 0 Å². The topological polar surface area (TPSA) is 55.6 Å². The lowest BCUT2D eigenvalue weighted by Gasteiger charge is -2.22. The number of nitrogens with two attached hydrogens (primary N) is 1. The van der Waals surface area contributed by atoms with Crippen molar-refractivity contribution in [2.75, 3.05) is 12.8 Å². The predicted octanol–water partition coefficient (Wildman–Crippen LogP) is 3.31. The molecule has 2 aromatic carbocycles. The van der Waals surface area contributed by atoms with Crippen molar-refractivity contribution in [1.29, 1.82) is 0 Å². The van der Waals surface area contributed by atoms with Crippen molar-refractivity contribution in [3.8, 4) is 5.75 Å². The maximum atomic E-state index is 12.9. The second-order valence-electron chi connectivity index (χ2n) is 5.96. The molecule has 1 aliphatic heterocycles. The Kier molecular flexibility index (Phi) is 4.24. The Morgan fingerprint density at radius 1 is 1.17 bits per heavy atom. The Morgan fingerprint density at radius 2 is 1.87 bits per heavy atom. The van der Waals surface area contributed by atoms with E-state index in [9.17, 15) is 4.79 Å². The molecule has 0 saturated heterocycles. The van der Waals surface area contributed by atoms with Gasteiger partial charge in [-0.25, -0.2) is 0 Å². The fraction of sp³-hybridized carbons (Fsp3) is 0.316. The molecule has 0 spiro atoms. The lowest BCUT2D eigenvalue weighted by molar-refractivity contribution is -0.133. The highest BCUT2D eigenvalue weighted by Crippen LogP contribution is 2.30. The number of hydrogen-bond acceptors (Lipinski definition) is 3. The number of hydrogen-bond donors (Lipinski definition) is 1. The molecule has 0 bridgehead atoms. The van der Waals surface area contributed by atoms with Gasteiger partial charge in [0, 0.05) is 18.8 Å². The molecule has 0 fully saturated rings. The molecule has 4 nitrogen and oxygen atoms in total. The molecule has 0 saturated carbocycles. The van der Waals surface area contributed by atoms with Crippen LogP contribution in [0, 0.1) is 0 Å². The van der Waals surface area contributed by atoms with Gasteiger partial charge in [-0.05, 0) is 47.4 Å². The van der Waals surface area contributed by atoms with Crippen LogP contribution in [-0.4, -0.2) is 17.9 Å². The first kappa shape index (κ1) is 15.4. The summed E-state index contributed by atoms with van der Waals surface area (Å²) in [5.74, 6) is 0.861. The van der Waals surface area contributed by atoms with Crippen molar-refractivity contribution in [2.24, 2.45) is 0 Å². The quantitative estimate of drug-likeness (QED) is 0.881. The molecule has 2 N–H and O–H groups in total. The van der Waals surface area contributed by atoms with E-state index in [4.69, 9.17) is 10.5 Å². The van der Waals surface area contributed by atoms with E-state index in [0.717, 1.165) is 29.0 Å². The number of nitrogen functional groups attached to an aromatic ring is 1. The molecular weight excluding hydrogens is 288 g/mol. The van der Waals surface area contributed by atoms with Gasteiger partial charge >= 0.3 is 0 Å². The van der Waals surface area contributed by atoms with Gasteiger partial charge in [0.05, 0.1) is 13.0 Å². The van der Waals surface area contributed by atoms with E-state index >= 15 is 0 Å². The minimum Gasteiger partial charge on any atom is -0.497 e. The molecular formula is C19H22N2O2. The number of ether oxygens (including phenoxy) is 1. The largest absolute Gasteiger partial charge is 0.497 e. The summed E-state index contributed by atoms with van der Waals surface area (Å²) in [5, 5.41) is 0. The molecule has 1 unspecified atom stereocenters. The molecule has 4 heteroatoms. The normalized spacial score (nSPS) is 14.4. The van der Waals surface area contributed by atoms with Crippen molar-refractivity contribution < 1.29 is 9.53 Å². The first-order valence-electron chi connectivity index (χ1n) is 7.92. The van der Waals surface area contributed by atoms with Gasteiger partial charge in [-0.3, -0.25) is 4.79 Å². The fourth-order valence-corrected chi connectivity index (χ4v) is 3.18. The number of amides is 1. The lowest BCUT2D eigenvalue weighted by Crippen LogP contribution is -2.30. The van der Waals surface area contributed by atoms with Gasteiger partial charge < -0.3 is 15.4 Å². The molecule has 0 radical (unpaired) electrons. The van der Waals surface area contributed by atoms with Gasteiger partial charge in [-0.2, -0.15) is 0 Å². The van der Waals surface area contributed by atoms with Gasteiger partial charge in [0.25, 0.3) is 0 Å². The van der Waals surface area contributed by atoms with Crippen LogP contribution in [0.15, 0.2) is 42.5 Å². The number of nitrogens with zero attached hydrogens (tertiary/aromatic N) is 1. The van der Waals surface area contributed by atoms with Gasteiger partial charge in [0.2, 0.25) is 5.91 Å². The second kappa shape index (κ2) is 6.32. The van der Waals surface area contributed by atoms with E-state index in [1.165, 1.54) is 5.56 Å². The maximum Gasteiger partial charge on any atom is 0.230 e. The molecule has 1 atom stereocenters. The molecule has 23 heavy (non-hydrogen) atoms. The Bertz CT molecular complexity index is 710. The minimum absolute atomic E-state index is 0.118. The Balaban J connectivity index is 1.78. The summed E-state index contributed by atoms with van der Waals surface area (Å²) in [4.78, 5) is 14.9. The van der Waals surface area contributed by atoms with Crippen molar-refractivity contribution in [3.05, 3.63) is 59.2 Å². The molecule has 3 rings (SSSR count). The van der Waals surface area contributed by atoms with E-state index in [1.54, 1.807) is 7.11 Å². The zero-order valence-corrected chi connectivity index (χ0v) is 13.6. The van der Waals surface area contributed by atoms with E-state index < -0.39 is 0 Å². The fourth-order valence-electron chi connectivity index (χ4n) is 3.18. The van der Waals surface area contributed by atoms with Crippen LogP contribution in [-0.2, 0) is 17.9 Å². The molecule has 1 aliphatic rings. The highest BCUT2D eigenvalue weighted by atomic mass is 16.5. The Morgan fingerprint density at radius 3 is 2.52 bits per heavy atom. The predicted molar refractivity (Wildman–Crippen MR) is 91.1 cm³/mol. The van der Waals surface area contributed by atoms with Gasteiger partial charge in [0.1, 0.15) is 5.75 Å². The summed E-state index contributed by atoms with van der Waals surface area (Å²) in [6.07, 6.45) is 0.778. The Labute approximate surface area is 136 Å². The third kappa shape index (κ3) is 3.02. The van der Waals surface area contributed by atoms with Crippen molar-refractivity contribution in [2.45, 2.75) is 32.4 Å². The summed E-state index contributed by atoms with van der Waals surface area (Å²) in [7, 11) is 1.64. The highest BCUT2D eigenvalue weighted by molar-refractivity contribution is 5.84. The number of anilines is 1. The Hall–Kier alpha value is -2.49. The van der Waals surface area contributed by atoms with Crippen molar-refractivity contribution >= 4 is 11.6 Å². The van der Waals surface area contributed by atoms with E-state index in [1.807, 2.05) is 54.3 Å². The van der Waals surface area contributed by atoms with Gasteiger partial charge in [-0.15, -0.1) is 0 Å². The monoisotopic (exact) mass is 310 g/mol. The number of carbonyl (C=O) groups is 1. The van der Waals surface area contributed by atoms with Gasteiger partial charge in [-0.1, -0.05) is 25.1 Å². The zero-order chi connectivity index (χ0) is 16.4. The lowest BCUT2D eigenvalue weighted by atomic mass is 9.95. The summed E-state index contributed by atoms with van der Waals surface area (Å²) >= 11 is 0. The van der Waals surface area contributed by atoms with Crippen molar-refractivity contribution in [3.63, 3.8) is 0 Å². The van der Waals surface area contributed by atoms with Crippen molar-refractivity contribution in [1.82, 2.24) is 4.90 Å². The molecule has 1 amide bonds. The second-order valence-corrected chi connectivity index (χ2v) is 5.96. The van der Waals surface area contributed by atoms with Gasteiger partial charge in [0.15, 0.2) is 0 Å². The summed E-state index contributed by atoms with van der Waals surface area (Å²) in [6.45, 7) is 3.36. The van der Waals surface area contributed by atoms with E-state index in [0.29, 0.717) is 13.1 Å². The minimum atomic E-state index is -0.118. The smallest absolute Gasteiger partial charge is 0.230 e. The number of carbonyl (C=O) groups excluding carboxylic acids is 1. The van der Waals surface area contributed by atoms with Crippen LogP contribution in [0.2, 0.25) is 0 Å². The average molecular weight is 310 g/mol. The first-order chi connectivity index (χ1) is 11.1. The van der Waals surface area contributed by atoms with Crippen LogP contribution in [0.5, 0.6) is 5.75 Å². The molecule has 120 valence electrons. The number of rotatable bonds is 4. The number of benzene rings is 2. The van der Waals surface area contributed by atoms with Crippen LogP contribution in [0.25, 0.3) is 0 Å². The summed E-state index contributed by atoms with van der Waals surface area (Å²) < 4.78 is 5.19. The van der Waals surface area contributed by atoms with Crippen LogP contribution in [0.4, 0.5) is 5.69 Å². The molecule has 2 aromatic rings. The number of methoxy groups -OCH3 is 1. The van der Waals surface area contributed by atoms with Crippen LogP contribution in [0.1, 0.15) is 36.0 Å². The first-order valence-corrected chi connectivity index (χ1v) is 7.92.